The molecule has 3 fully saturated rings. The Kier molecular flexibility index (Phi) is 2.87. The molecule has 0 aromatic rings. The lowest BCUT2D eigenvalue weighted by Gasteiger charge is -2.23. The largest absolute Gasteiger partial charge is 0.469 e. The van der Waals surface area contributed by atoms with Crippen LogP contribution in [0.4, 0.5) is 0 Å². The maximum absolute atomic E-state index is 12.7. The number of fused-ring (bicyclic) bond motifs is 1. The molecule has 3 saturated heterocycles. The molecule has 6 nitrogen and oxygen atoms in total. The Morgan fingerprint density at radius 3 is 3.14 bits per heavy atom. The van der Waals surface area contributed by atoms with Crippen LogP contribution in [0.25, 0.3) is 0 Å². The van der Waals surface area contributed by atoms with Gasteiger partial charge in [0, 0.05) is 13.2 Å². The first-order chi connectivity index (χ1) is 10.1. The van der Waals surface area contributed by atoms with Crippen LogP contribution in [-0.4, -0.2) is 61.4 Å². The van der Waals surface area contributed by atoms with Crippen molar-refractivity contribution >= 4 is 11.9 Å². The standard InChI is InChI=1S/C15H19NO5/c1-19-14(18)11-10-4-5-15(21-10)8-16(13(17)12(11)15)7-9-3-2-6-20-9/h4-5,9-12H,2-3,6-8H2,1H3/t9-,10-,11-,12+,15-/m1/s1. The number of nitrogens with zero attached hydrogens (tertiary/aromatic N) is 1. The van der Waals surface area contributed by atoms with Gasteiger partial charge in [0.1, 0.15) is 11.5 Å². The molecule has 0 radical (unpaired) electrons. The Hall–Kier alpha value is -1.40. The van der Waals surface area contributed by atoms with E-state index in [1.54, 1.807) is 4.90 Å². The number of amides is 1. The lowest BCUT2D eigenvalue weighted by molar-refractivity contribution is -0.151. The second-order valence-corrected chi connectivity index (χ2v) is 6.28. The summed E-state index contributed by atoms with van der Waals surface area (Å²) in [6.07, 6.45) is 5.67. The summed E-state index contributed by atoms with van der Waals surface area (Å²) in [4.78, 5) is 26.5. The fourth-order valence-electron chi connectivity index (χ4n) is 4.17. The van der Waals surface area contributed by atoms with Crippen molar-refractivity contribution in [1.29, 1.82) is 0 Å². The summed E-state index contributed by atoms with van der Waals surface area (Å²) < 4.78 is 16.4. The van der Waals surface area contributed by atoms with Gasteiger partial charge in [0.15, 0.2) is 0 Å². The minimum atomic E-state index is -0.640. The van der Waals surface area contributed by atoms with Crippen molar-refractivity contribution in [3.05, 3.63) is 12.2 Å². The molecule has 0 N–H and O–H groups in total. The van der Waals surface area contributed by atoms with E-state index in [9.17, 15) is 9.59 Å². The lowest BCUT2D eigenvalue weighted by Crippen LogP contribution is -2.40. The fraction of sp³-hybridized carbons (Fsp3) is 0.733. The molecule has 0 aromatic carbocycles. The Bertz CT molecular complexity index is 512. The van der Waals surface area contributed by atoms with E-state index in [0.29, 0.717) is 13.1 Å². The van der Waals surface area contributed by atoms with Crippen LogP contribution >= 0.6 is 0 Å². The number of hydrogen-bond acceptors (Lipinski definition) is 5. The van der Waals surface area contributed by atoms with Crippen LogP contribution in [-0.2, 0) is 23.8 Å². The molecule has 0 aliphatic carbocycles. The summed E-state index contributed by atoms with van der Waals surface area (Å²) in [6, 6.07) is 0. The first-order valence-corrected chi connectivity index (χ1v) is 7.50. The van der Waals surface area contributed by atoms with Gasteiger partial charge in [-0.2, -0.15) is 0 Å². The Morgan fingerprint density at radius 1 is 1.57 bits per heavy atom. The van der Waals surface area contributed by atoms with Crippen molar-refractivity contribution in [3.63, 3.8) is 0 Å². The molecule has 6 heteroatoms. The zero-order valence-electron chi connectivity index (χ0n) is 12.0. The van der Waals surface area contributed by atoms with Gasteiger partial charge in [0.05, 0.1) is 31.8 Å². The number of carbonyl (C=O) groups is 2. The average molecular weight is 293 g/mol. The quantitative estimate of drug-likeness (QED) is 0.546. The van der Waals surface area contributed by atoms with E-state index >= 15 is 0 Å². The summed E-state index contributed by atoms with van der Waals surface area (Å²) in [5.41, 5.74) is -0.640. The van der Waals surface area contributed by atoms with E-state index in [1.165, 1.54) is 7.11 Å². The molecule has 0 aromatic heterocycles. The van der Waals surface area contributed by atoms with Gasteiger partial charge in [-0.1, -0.05) is 12.2 Å². The van der Waals surface area contributed by atoms with Gasteiger partial charge in [-0.05, 0) is 12.8 Å². The number of rotatable bonds is 3. The molecule has 21 heavy (non-hydrogen) atoms. The maximum atomic E-state index is 12.7. The molecule has 0 unspecified atom stereocenters. The van der Waals surface area contributed by atoms with E-state index in [2.05, 4.69) is 0 Å². The highest BCUT2D eigenvalue weighted by atomic mass is 16.5. The van der Waals surface area contributed by atoms with Crippen LogP contribution in [0.15, 0.2) is 12.2 Å². The molecule has 4 rings (SSSR count). The minimum absolute atomic E-state index is 0.00671. The van der Waals surface area contributed by atoms with Crippen molar-refractivity contribution < 1.29 is 23.8 Å². The van der Waals surface area contributed by atoms with Gasteiger partial charge in [0.2, 0.25) is 5.91 Å². The molecule has 5 atom stereocenters. The first-order valence-electron chi connectivity index (χ1n) is 7.50. The van der Waals surface area contributed by atoms with Crippen molar-refractivity contribution in [2.75, 3.05) is 26.8 Å². The number of likely N-dealkylation sites (tertiary alicyclic amines) is 1. The van der Waals surface area contributed by atoms with Gasteiger partial charge < -0.3 is 19.1 Å². The third-order valence-corrected chi connectivity index (χ3v) is 5.10. The van der Waals surface area contributed by atoms with E-state index in [0.717, 1.165) is 19.4 Å². The van der Waals surface area contributed by atoms with E-state index < -0.39 is 17.4 Å². The lowest BCUT2D eigenvalue weighted by atomic mass is 9.77. The Labute approximate surface area is 123 Å². The molecule has 114 valence electrons. The molecule has 4 aliphatic heterocycles. The molecular formula is C15H19NO5. The third-order valence-electron chi connectivity index (χ3n) is 5.10. The van der Waals surface area contributed by atoms with Crippen LogP contribution in [0.3, 0.4) is 0 Å². The van der Waals surface area contributed by atoms with Crippen molar-refractivity contribution in [2.45, 2.75) is 30.7 Å². The van der Waals surface area contributed by atoms with Crippen LogP contribution in [0, 0.1) is 11.8 Å². The zero-order valence-corrected chi connectivity index (χ0v) is 12.0. The van der Waals surface area contributed by atoms with Gasteiger partial charge in [-0.15, -0.1) is 0 Å². The molecule has 4 aliphatic rings. The monoisotopic (exact) mass is 293 g/mol. The normalized spacial score (nSPS) is 43.7. The maximum Gasteiger partial charge on any atom is 0.312 e. The minimum Gasteiger partial charge on any atom is -0.469 e. The predicted octanol–water partition coefficient (Wildman–Crippen LogP) is 0.120. The number of esters is 1. The van der Waals surface area contributed by atoms with Crippen molar-refractivity contribution in [1.82, 2.24) is 4.90 Å². The molecule has 2 bridgehead atoms. The molecule has 1 spiro atoms. The van der Waals surface area contributed by atoms with Crippen LogP contribution in [0.5, 0.6) is 0 Å². The number of ether oxygens (including phenoxy) is 3. The van der Waals surface area contributed by atoms with Gasteiger partial charge in [-0.3, -0.25) is 9.59 Å². The second-order valence-electron chi connectivity index (χ2n) is 6.28. The predicted molar refractivity (Wildman–Crippen MR) is 71.3 cm³/mol. The molecule has 0 saturated carbocycles. The van der Waals surface area contributed by atoms with Crippen LogP contribution < -0.4 is 0 Å². The van der Waals surface area contributed by atoms with Crippen molar-refractivity contribution in [2.24, 2.45) is 11.8 Å². The van der Waals surface area contributed by atoms with E-state index in [1.807, 2.05) is 12.2 Å². The number of methoxy groups -OCH3 is 1. The summed E-state index contributed by atoms with van der Waals surface area (Å²) >= 11 is 0. The summed E-state index contributed by atoms with van der Waals surface area (Å²) in [7, 11) is 1.36. The summed E-state index contributed by atoms with van der Waals surface area (Å²) in [6.45, 7) is 1.87. The van der Waals surface area contributed by atoms with Gasteiger partial charge in [0.25, 0.3) is 0 Å². The smallest absolute Gasteiger partial charge is 0.312 e. The highest BCUT2D eigenvalue weighted by molar-refractivity contribution is 5.91. The SMILES string of the molecule is COC(=O)[C@H]1[C@H]2C(=O)N(C[C@H]3CCCO3)C[C@]23C=C[C@H]1O3. The Morgan fingerprint density at radius 2 is 2.43 bits per heavy atom. The van der Waals surface area contributed by atoms with Crippen LogP contribution in [0.2, 0.25) is 0 Å². The summed E-state index contributed by atoms with van der Waals surface area (Å²) in [5, 5.41) is 0. The van der Waals surface area contributed by atoms with Crippen LogP contribution in [0.1, 0.15) is 12.8 Å². The second kappa shape index (κ2) is 4.55. The fourth-order valence-corrected chi connectivity index (χ4v) is 4.17. The molecule has 1 amide bonds. The topological polar surface area (TPSA) is 65.1 Å². The summed E-state index contributed by atoms with van der Waals surface area (Å²) in [5.74, 6) is -1.32. The Balaban J connectivity index is 1.57. The highest BCUT2D eigenvalue weighted by Gasteiger charge is 2.67. The zero-order chi connectivity index (χ0) is 14.6. The van der Waals surface area contributed by atoms with Crippen molar-refractivity contribution in [3.8, 4) is 0 Å². The highest BCUT2D eigenvalue weighted by Crippen LogP contribution is 2.52. The third kappa shape index (κ3) is 1.78. The van der Waals surface area contributed by atoms with E-state index in [4.69, 9.17) is 14.2 Å². The average Bonchev–Trinajstić information content (AvgIpc) is 3.22. The molecular weight excluding hydrogens is 274 g/mol. The van der Waals surface area contributed by atoms with Gasteiger partial charge >= 0.3 is 5.97 Å². The first kappa shape index (κ1) is 13.3. The van der Waals surface area contributed by atoms with E-state index in [-0.39, 0.29) is 24.1 Å². The van der Waals surface area contributed by atoms with Gasteiger partial charge in [-0.25, -0.2) is 0 Å². The molecule has 4 heterocycles. The number of hydrogen-bond donors (Lipinski definition) is 0. The number of carbonyl (C=O) groups excluding carboxylic acids is 2.